The number of amides is 1. The Hall–Kier alpha value is -0.990. The summed E-state index contributed by atoms with van der Waals surface area (Å²) < 4.78 is 4.93. The Morgan fingerprint density at radius 3 is 2.83 bits per heavy atom. The molecule has 0 fully saturated rings. The van der Waals surface area contributed by atoms with Gasteiger partial charge >= 0.3 is 6.09 Å². The van der Waals surface area contributed by atoms with Crippen LogP contribution in [0.5, 0.6) is 0 Å². The van der Waals surface area contributed by atoms with Crippen molar-refractivity contribution in [2.24, 2.45) is 5.73 Å². The van der Waals surface area contributed by atoms with E-state index in [1.54, 1.807) is 0 Å². The Morgan fingerprint density at radius 2 is 2.08 bits per heavy atom. The molecule has 1 rings (SSSR count). The Balaban J connectivity index is 2.32. The fourth-order valence-electron chi connectivity index (χ4n) is 1.41. The number of rotatable bonds is 1. The summed E-state index contributed by atoms with van der Waals surface area (Å²) >= 11 is 0. The number of primary amides is 1. The average molecular weight is 169 g/mol. The molecule has 1 amide bonds. The van der Waals surface area contributed by atoms with Crippen LogP contribution in [0.2, 0.25) is 0 Å². The van der Waals surface area contributed by atoms with Crippen molar-refractivity contribution in [1.29, 1.82) is 0 Å². The van der Waals surface area contributed by atoms with Gasteiger partial charge in [0.2, 0.25) is 0 Å². The number of nitrogens with two attached hydrogens (primary N) is 1. The van der Waals surface area contributed by atoms with Crippen molar-refractivity contribution >= 4 is 6.09 Å². The van der Waals surface area contributed by atoms with Gasteiger partial charge in [-0.25, -0.2) is 4.79 Å². The molecule has 0 aromatic heterocycles. The van der Waals surface area contributed by atoms with Crippen molar-refractivity contribution in [3.8, 4) is 0 Å². The second-order valence-electron chi connectivity index (χ2n) is 3.04. The van der Waals surface area contributed by atoms with Gasteiger partial charge < -0.3 is 10.5 Å². The van der Waals surface area contributed by atoms with Crippen molar-refractivity contribution in [1.82, 2.24) is 0 Å². The van der Waals surface area contributed by atoms with Crippen LogP contribution in [0.15, 0.2) is 12.2 Å². The van der Waals surface area contributed by atoms with Crippen LogP contribution in [-0.4, -0.2) is 12.2 Å². The molecule has 12 heavy (non-hydrogen) atoms. The molecule has 0 aromatic rings. The summed E-state index contributed by atoms with van der Waals surface area (Å²) in [7, 11) is 0. The number of hydrogen-bond donors (Lipinski definition) is 1. The molecule has 1 aliphatic rings. The molecule has 0 radical (unpaired) electrons. The monoisotopic (exact) mass is 169 g/mol. The van der Waals surface area contributed by atoms with Crippen molar-refractivity contribution < 1.29 is 9.53 Å². The molecule has 3 heteroatoms. The third kappa shape index (κ3) is 3.42. The van der Waals surface area contributed by atoms with Crippen LogP contribution < -0.4 is 5.73 Å². The van der Waals surface area contributed by atoms with Crippen molar-refractivity contribution in [3.05, 3.63) is 12.2 Å². The van der Waals surface area contributed by atoms with Crippen molar-refractivity contribution in [3.63, 3.8) is 0 Å². The van der Waals surface area contributed by atoms with E-state index in [4.69, 9.17) is 10.5 Å². The van der Waals surface area contributed by atoms with E-state index < -0.39 is 6.09 Å². The Morgan fingerprint density at radius 1 is 1.33 bits per heavy atom. The van der Waals surface area contributed by atoms with Crippen LogP contribution in [0.4, 0.5) is 4.79 Å². The predicted octanol–water partition coefficient (Wildman–Crippen LogP) is 1.97. The molecular weight excluding hydrogens is 154 g/mol. The summed E-state index contributed by atoms with van der Waals surface area (Å²) in [5.74, 6) is 0. The highest BCUT2D eigenvalue weighted by Crippen LogP contribution is 2.14. The molecule has 0 bridgehead atoms. The molecular formula is C9H15NO2. The van der Waals surface area contributed by atoms with Gasteiger partial charge in [0.15, 0.2) is 0 Å². The standard InChI is InChI=1S/C9H15NO2/c10-9(11)12-8-6-4-2-1-3-5-7-8/h1-2,8H,3-7H2,(H2,10,11)/b2-1-. The van der Waals surface area contributed by atoms with E-state index in [9.17, 15) is 4.79 Å². The molecule has 0 aromatic carbocycles. The molecule has 0 saturated carbocycles. The molecule has 68 valence electrons. The first-order valence-corrected chi connectivity index (χ1v) is 4.40. The van der Waals surface area contributed by atoms with Crippen molar-refractivity contribution in [2.75, 3.05) is 0 Å². The van der Waals surface area contributed by atoms with Crippen LogP contribution in [0.25, 0.3) is 0 Å². The smallest absolute Gasteiger partial charge is 0.404 e. The van der Waals surface area contributed by atoms with Gasteiger partial charge in [0, 0.05) is 0 Å². The lowest BCUT2D eigenvalue weighted by Crippen LogP contribution is -2.22. The number of carbonyl (C=O) groups is 1. The molecule has 1 atom stereocenters. The average Bonchev–Trinajstić information content (AvgIpc) is 1.93. The first-order valence-electron chi connectivity index (χ1n) is 4.40. The molecule has 2 N–H and O–H groups in total. The third-order valence-corrected chi connectivity index (χ3v) is 2.00. The minimum atomic E-state index is -0.649. The van der Waals surface area contributed by atoms with Gasteiger partial charge in [-0.15, -0.1) is 0 Å². The lowest BCUT2D eigenvalue weighted by molar-refractivity contribution is 0.0946. The van der Waals surface area contributed by atoms with Crippen LogP contribution in [0, 0.1) is 0 Å². The highest BCUT2D eigenvalue weighted by atomic mass is 16.6. The first kappa shape index (κ1) is 9.10. The minimum Gasteiger partial charge on any atom is -0.446 e. The summed E-state index contributed by atoms with van der Waals surface area (Å²) in [5.41, 5.74) is 4.93. The van der Waals surface area contributed by atoms with Crippen LogP contribution in [0.3, 0.4) is 0 Å². The zero-order valence-corrected chi connectivity index (χ0v) is 7.16. The van der Waals surface area contributed by atoms with E-state index in [0.717, 1.165) is 32.1 Å². The lowest BCUT2D eigenvalue weighted by atomic mass is 10.0. The normalized spacial score (nSPS) is 26.8. The lowest BCUT2D eigenvalue weighted by Gasteiger charge is -2.16. The van der Waals surface area contributed by atoms with Gasteiger partial charge in [-0.1, -0.05) is 12.2 Å². The van der Waals surface area contributed by atoms with E-state index in [1.807, 2.05) is 0 Å². The van der Waals surface area contributed by atoms with E-state index >= 15 is 0 Å². The zero-order valence-electron chi connectivity index (χ0n) is 7.16. The SMILES string of the molecule is NC(=O)OC1CC/C=C\CCC1. The van der Waals surface area contributed by atoms with Crippen molar-refractivity contribution in [2.45, 2.75) is 38.2 Å². The van der Waals surface area contributed by atoms with Crippen LogP contribution in [-0.2, 0) is 4.74 Å². The predicted molar refractivity (Wildman–Crippen MR) is 46.7 cm³/mol. The zero-order chi connectivity index (χ0) is 8.81. The Bertz CT molecular complexity index is 177. The highest BCUT2D eigenvalue weighted by molar-refractivity contribution is 5.64. The summed E-state index contributed by atoms with van der Waals surface area (Å²) in [4.78, 5) is 10.4. The molecule has 3 nitrogen and oxygen atoms in total. The topological polar surface area (TPSA) is 52.3 Å². The van der Waals surface area contributed by atoms with E-state index in [2.05, 4.69) is 12.2 Å². The van der Waals surface area contributed by atoms with Gasteiger partial charge in [0.05, 0.1) is 0 Å². The molecule has 0 aliphatic heterocycles. The molecule has 1 unspecified atom stereocenters. The molecule has 0 spiro atoms. The Labute approximate surface area is 72.6 Å². The molecule has 0 heterocycles. The second-order valence-corrected chi connectivity index (χ2v) is 3.04. The Kier molecular flexibility index (Phi) is 3.64. The highest BCUT2D eigenvalue weighted by Gasteiger charge is 2.11. The summed E-state index contributed by atoms with van der Waals surface area (Å²) in [6.45, 7) is 0. The summed E-state index contributed by atoms with van der Waals surface area (Å²) in [6, 6.07) is 0. The maximum absolute atomic E-state index is 10.4. The molecule has 0 saturated heterocycles. The summed E-state index contributed by atoms with van der Waals surface area (Å²) in [6.07, 6.45) is 8.69. The van der Waals surface area contributed by atoms with Gasteiger partial charge in [-0.3, -0.25) is 0 Å². The van der Waals surface area contributed by atoms with Crippen LogP contribution in [0.1, 0.15) is 32.1 Å². The maximum Gasteiger partial charge on any atom is 0.404 e. The number of hydrogen-bond acceptors (Lipinski definition) is 2. The number of ether oxygens (including phenoxy) is 1. The number of allylic oxidation sites excluding steroid dienone is 2. The summed E-state index contributed by atoms with van der Waals surface area (Å²) in [5, 5.41) is 0. The quantitative estimate of drug-likeness (QED) is 0.610. The van der Waals surface area contributed by atoms with E-state index in [1.165, 1.54) is 0 Å². The minimum absolute atomic E-state index is 0.0347. The fourth-order valence-corrected chi connectivity index (χ4v) is 1.41. The first-order chi connectivity index (χ1) is 5.79. The van der Waals surface area contributed by atoms with Gasteiger partial charge in [-0.05, 0) is 32.1 Å². The largest absolute Gasteiger partial charge is 0.446 e. The second kappa shape index (κ2) is 4.80. The maximum atomic E-state index is 10.4. The van der Waals surface area contributed by atoms with Gasteiger partial charge in [-0.2, -0.15) is 0 Å². The third-order valence-electron chi connectivity index (χ3n) is 2.00. The number of carbonyl (C=O) groups excluding carboxylic acids is 1. The molecule has 1 aliphatic carbocycles. The van der Waals surface area contributed by atoms with Gasteiger partial charge in [0.1, 0.15) is 6.10 Å². The van der Waals surface area contributed by atoms with E-state index in [0.29, 0.717) is 0 Å². The van der Waals surface area contributed by atoms with Gasteiger partial charge in [0.25, 0.3) is 0 Å². The van der Waals surface area contributed by atoms with Crippen LogP contribution >= 0.6 is 0 Å². The fraction of sp³-hybridized carbons (Fsp3) is 0.667. The van der Waals surface area contributed by atoms with E-state index in [-0.39, 0.29) is 6.10 Å².